The number of hydrogen-bond donors (Lipinski definition) is 0. The molecule has 1 aromatic carbocycles. The van der Waals surface area contributed by atoms with Crippen LogP contribution in [0.2, 0.25) is 0 Å². The SMILES string of the molecule is CN(Cc1ccccc1)Cc1cccn1CCN1CCOCC1. The van der Waals surface area contributed by atoms with Crippen molar-refractivity contribution in [1.29, 1.82) is 0 Å². The van der Waals surface area contributed by atoms with Gasteiger partial charge in [0.05, 0.1) is 13.2 Å². The third-order valence-corrected chi connectivity index (χ3v) is 4.41. The Kier molecular flexibility index (Phi) is 5.86. The Morgan fingerprint density at radius 2 is 1.74 bits per heavy atom. The molecule has 0 radical (unpaired) electrons. The predicted molar refractivity (Wildman–Crippen MR) is 93.3 cm³/mol. The zero-order valence-electron chi connectivity index (χ0n) is 14.0. The maximum atomic E-state index is 5.41. The van der Waals surface area contributed by atoms with E-state index in [4.69, 9.17) is 4.74 Å². The zero-order valence-corrected chi connectivity index (χ0v) is 14.0. The van der Waals surface area contributed by atoms with E-state index in [1.165, 1.54) is 11.3 Å². The fourth-order valence-electron chi connectivity index (χ4n) is 3.11. The summed E-state index contributed by atoms with van der Waals surface area (Å²) in [5.41, 5.74) is 2.75. The lowest BCUT2D eigenvalue weighted by atomic mass is 10.2. The van der Waals surface area contributed by atoms with Crippen molar-refractivity contribution < 1.29 is 4.74 Å². The van der Waals surface area contributed by atoms with Crippen LogP contribution in [-0.2, 0) is 24.4 Å². The summed E-state index contributed by atoms with van der Waals surface area (Å²) in [7, 11) is 2.19. The highest BCUT2D eigenvalue weighted by Gasteiger charge is 2.11. The summed E-state index contributed by atoms with van der Waals surface area (Å²) in [6.45, 7) is 7.99. The van der Waals surface area contributed by atoms with E-state index in [1.54, 1.807) is 0 Å². The quantitative estimate of drug-likeness (QED) is 0.783. The van der Waals surface area contributed by atoms with Crippen LogP contribution in [0.5, 0.6) is 0 Å². The summed E-state index contributed by atoms with van der Waals surface area (Å²) in [6, 6.07) is 15.1. The summed E-state index contributed by atoms with van der Waals surface area (Å²) in [5.74, 6) is 0. The second-order valence-corrected chi connectivity index (χ2v) is 6.30. The molecule has 3 rings (SSSR count). The molecular weight excluding hydrogens is 286 g/mol. The monoisotopic (exact) mass is 313 g/mol. The number of aromatic nitrogens is 1. The Morgan fingerprint density at radius 1 is 0.957 bits per heavy atom. The normalized spacial score (nSPS) is 16.1. The van der Waals surface area contributed by atoms with Gasteiger partial charge >= 0.3 is 0 Å². The van der Waals surface area contributed by atoms with E-state index < -0.39 is 0 Å². The Hall–Kier alpha value is -1.62. The Labute approximate surface area is 139 Å². The third-order valence-electron chi connectivity index (χ3n) is 4.41. The van der Waals surface area contributed by atoms with Crippen molar-refractivity contribution in [2.45, 2.75) is 19.6 Å². The highest BCUT2D eigenvalue weighted by molar-refractivity contribution is 5.15. The highest BCUT2D eigenvalue weighted by Crippen LogP contribution is 2.10. The van der Waals surface area contributed by atoms with E-state index in [0.717, 1.165) is 52.5 Å². The third kappa shape index (κ3) is 4.93. The summed E-state index contributed by atoms with van der Waals surface area (Å²) in [5, 5.41) is 0. The van der Waals surface area contributed by atoms with Crippen LogP contribution < -0.4 is 0 Å². The first-order valence-corrected chi connectivity index (χ1v) is 8.48. The molecule has 1 aliphatic heterocycles. The minimum absolute atomic E-state index is 0.873. The molecule has 124 valence electrons. The molecular formula is C19H27N3O. The number of nitrogens with zero attached hydrogens (tertiary/aromatic N) is 3. The maximum absolute atomic E-state index is 5.41. The molecule has 1 fully saturated rings. The highest BCUT2D eigenvalue weighted by atomic mass is 16.5. The Morgan fingerprint density at radius 3 is 2.52 bits per heavy atom. The average molecular weight is 313 g/mol. The van der Waals surface area contributed by atoms with E-state index in [2.05, 4.69) is 70.1 Å². The van der Waals surface area contributed by atoms with E-state index in [-0.39, 0.29) is 0 Å². The van der Waals surface area contributed by atoms with Gasteiger partial charge in [0.2, 0.25) is 0 Å². The van der Waals surface area contributed by atoms with Crippen molar-refractivity contribution in [3.8, 4) is 0 Å². The Balaban J connectivity index is 1.51. The van der Waals surface area contributed by atoms with Crippen LogP contribution in [0.1, 0.15) is 11.3 Å². The molecule has 2 heterocycles. The van der Waals surface area contributed by atoms with E-state index in [9.17, 15) is 0 Å². The van der Waals surface area contributed by atoms with Gasteiger partial charge in [-0.05, 0) is 24.7 Å². The van der Waals surface area contributed by atoms with Gasteiger partial charge in [-0.1, -0.05) is 30.3 Å². The van der Waals surface area contributed by atoms with Gasteiger partial charge < -0.3 is 9.30 Å². The molecule has 23 heavy (non-hydrogen) atoms. The van der Waals surface area contributed by atoms with Crippen molar-refractivity contribution in [1.82, 2.24) is 14.4 Å². The lowest BCUT2D eigenvalue weighted by molar-refractivity contribution is 0.0362. The van der Waals surface area contributed by atoms with Crippen LogP contribution in [0.4, 0.5) is 0 Å². The second kappa shape index (κ2) is 8.29. The molecule has 0 unspecified atom stereocenters. The largest absolute Gasteiger partial charge is 0.379 e. The average Bonchev–Trinajstić information content (AvgIpc) is 3.02. The fraction of sp³-hybridized carbons (Fsp3) is 0.474. The lowest BCUT2D eigenvalue weighted by Gasteiger charge is -2.27. The molecule has 0 spiro atoms. The summed E-state index contributed by atoms with van der Waals surface area (Å²) in [4.78, 5) is 4.86. The number of benzene rings is 1. The van der Waals surface area contributed by atoms with Crippen molar-refractivity contribution in [2.24, 2.45) is 0 Å². The van der Waals surface area contributed by atoms with Crippen molar-refractivity contribution in [3.63, 3.8) is 0 Å². The molecule has 0 atom stereocenters. The number of hydrogen-bond acceptors (Lipinski definition) is 3. The second-order valence-electron chi connectivity index (χ2n) is 6.30. The predicted octanol–water partition coefficient (Wildman–Crippen LogP) is 2.45. The molecule has 1 aliphatic rings. The van der Waals surface area contributed by atoms with Gasteiger partial charge in [-0.3, -0.25) is 9.80 Å². The standard InChI is InChI=1S/C19H27N3O/c1-20(16-18-6-3-2-4-7-18)17-19-8-5-9-22(19)11-10-21-12-14-23-15-13-21/h2-9H,10-17H2,1H3. The first kappa shape index (κ1) is 16.2. The zero-order chi connectivity index (χ0) is 15.9. The van der Waals surface area contributed by atoms with Gasteiger partial charge in [0.1, 0.15) is 0 Å². The van der Waals surface area contributed by atoms with Gasteiger partial charge in [0, 0.05) is 51.2 Å². The molecule has 0 aliphatic carbocycles. The number of ether oxygens (including phenoxy) is 1. The van der Waals surface area contributed by atoms with Crippen LogP contribution in [-0.4, -0.2) is 54.3 Å². The Bertz CT molecular complexity index is 575. The number of rotatable bonds is 7. The minimum Gasteiger partial charge on any atom is -0.379 e. The van der Waals surface area contributed by atoms with E-state index in [1.807, 2.05) is 0 Å². The molecule has 0 amide bonds. The van der Waals surface area contributed by atoms with E-state index in [0.29, 0.717) is 0 Å². The van der Waals surface area contributed by atoms with Crippen molar-refractivity contribution in [2.75, 3.05) is 39.9 Å². The molecule has 0 bridgehead atoms. The number of morpholine rings is 1. The lowest BCUT2D eigenvalue weighted by Crippen LogP contribution is -2.38. The van der Waals surface area contributed by atoms with Crippen molar-refractivity contribution in [3.05, 3.63) is 59.9 Å². The summed E-state index contributed by atoms with van der Waals surface area (Å²) in [6.07, 6.45) is 2.20. The molecule has 4 nitrogen and oxygen atoms in total. The molecule has 2 aromatic rings. The van der Waals surface area contributed by atoms with Crippen LogP contribution in [0.25, 0.3) is 0 Å². The maximum Gasteiger partial charge on any atom is 0.0594 e. The fourth-order valence-corrected chi connectivity index (χ4v) is 3.11. The van der Waals surface area contributed by atoms with Crippen LogP contribution in [0, 0.1) is 0 Å². The van der Waals surface area contributed by atoms with Crippen molar-refractivity contribution >= 4 is 0 Å². The first-order chi connectivity index (χ1) is 11.3. The smallest absolute Gasteiger partial charge is 0.0594 e. The van der Waals surface area contributed by atoms with Gasteiger partial charge in [-0.25, -0.2) is 0 Å². The van der Waals surface area contributed by atoms with Gasteiger partial charge in [-0.2, -0.15) is 0 Å². The summed E-state index contributed by atoms with van der Waals surface area (Å²) < 4.78 is 7.80. The first-order valence-electron chi connectivity index (χ1n) is 8.48. The van der Waals surface area contributed by atoms with Gasteiger partial charge in [0.25, 0.3) is 0 Å². The molecule has 0 N–H and O–H groups in total. The molecule has 4 heteroatoms. The van der Waals surface area contributed by atoms with Gasteiger partial charge in [-0.15, -0.1) is 0 Å². The van der Waals surface area contributed by atoms with Crippen LogP contribution >= 0.6 is 0 Å². The van der Waals surface area contributed by atoms with Crippen LogP contribution in [0.3, 0.4) is 0 Å². The van der Waals surface area contributed by atoms with Gasteiger partial charge in [0.15, 0.2) is 0 Å². The molecule has 1 saturated heterocycles. The van der Waals surface area contributed by atoms with Crippen LogP contribution in [0.15, 0.2) is 48.7 Å². The minimum atomic E-state index is 0.873. The topological polar surface area (TPSA) is 20.6 Å². The molecule has 1 aromatic heterocycles. The molecule has 0 saturated carbocycles. The van der Waals surface area contributed by atoms with E-state index >= 15 is 0 Å². The summed E-state index contributed by atoms with van der Waals surface area (Å²) >= 11 is 0.